The SMILES string of the molecule is C1=CC2c3ccccc3-c3cc(-c4cccc(-c5ccc6c7ccccc7c7cc(-c8ccc9c%10ccc(-c%11cccc%12c%11sc%11c(-c%13cccc(-c%14cccc%15c%14sc%14c(-c%16ccccc%16)cccc%14%15)c%13)cccc%11%12)cc%10c%10ccccc%10c9c8)ccc7c6c5)c4)ccc3C2C=C1. The second-order valence-corrected chi connectivity index (χ2v) is 28.8. The van der Waals surface area contributed by atoms with Crippen molar-refractivity contribution in [2.75, 3.05) is 0 Å². The minimum absolute atomic E-state index is 0.349. The Morgan fingerprint density at radius 3 is 0.939 bits per heavy atom. The maximum Gasteiger partial charge on any atom is 0.0434 e. The molecule has 2 atom stereocenters. The molecule has 0 N–H and O–H groups in total. The molecule has 2 heterocycles. The Hall–Kier alpha value is -11.8. The lowest BCUT2D eigenvalue weighted by Crippen LogP contribution is -2.16. The van der Waals surface area contributed by atoms with Gasteiger partial charge in [-0.1, -0.05) is 297 Å². The van der Waals surface area contributed by atoms with E-state index in [0.717, 1.165) is 0 Å². The van der Waals surface area contributed by atoms with E-state index in [1.165, 1.54) is 205 Å². The van der Waals surface area contributed by atoms with Crippen LogP contribution in [-0.4, -0.2) is 0 Å². The first-order chi connectivity index (χ1) is 48.6. The fraction of sp³-hybridized carbons (Fsp3) is 0.0208. The minimum atomic E-state index is 0.349. The summed E-state index contributed by atoms with van der Waals surface area (Å²) in [7, 11) is 0. The highest BCUT2D eigenvalue weighted by atomic mass is 32.1. The van der Waals surface area contributed by atoms with Gasteiger partial charge in [-0.3, -0.25) is 0 Å². The van der Waals surface area contributed by atoms with Crippen LogP contribution in [0.2, 0.25) is 0 Å². The maximum atomic E-state index is 2.46. The van der Waals surface area contributed by atoms with Gasteiger partial charge in [0.1, 0.15) is 0 Å². The van der Waals surface area contributed by atoms with E-state index in [0.29, 0.717) is 11.8 Å². The van der Waals surface area contributed by atoms with Crippen LogP contribution in [0.15, 0.2) is 340 Å². The molecular weight excluding hydrogens is 1220 g/mol. The molecule has 454 valence electrons. The standard InChI is InChI=1S/C96H58S2/c1-2-18-57(19-3-1)67-32-14-36-84-85-37-15-33-68(94(85)97-93(67)84)64-22-13-23-65(51-64)69-34-16-38-86-87-39-17-35-70(96(87)98-95(69)86)66-44-49-82-81-47-42-62(54-89(81)77-30-10-11-31-78(77)92(82)56-66)63-43-48-83-90(55-63)76-29-9-7-27-74(76)80-46-41-61(53-91(80)83)59-21-12-20-58(50-59)60-40-45-79-73-26-5-4-24-71(73)72-25-6-8-28-75(72)88(79)52-60/h1-56,71,73H. The zero-order valence-electron chi connectivity index (χ0n) is 53.3. The summed E-state index contributed by atoms with van der Waals surface area (Å²) in [5.74, 6) is 0.720. The van der Waals surface area contributed by atoms with Crippen LogP contribution in [0.25, 0.3) is 194 Å². The second kappa shape index (κ2) is 21.9. The molecule has 2 aliphatic rings. The maximum absolute atomic E-state index is 2.46. The average molecular weight is 1280 g/mol. The normalized spacial score (nSPS) is 14.2. The Morgan fingerprint density at radius 2 is 0.449 bits per heavy atom. The van der Waals surface area contributed by atoms with Crippen molar-refractivity contribution in [2.45, 2.75) is 11.8 Å². The first kappa shape index (κ1) is 55.5. The molecule has 0 saturated carbocycles. The van der Waals surface area contributed by atoms with Crippen LogP contribution in [-0.2, 0) is 0 Å². The number of fused-ring (bicyclic) bond motifs is 24. The molecule has 19 aromatic rings. The third kappa shape index (κ3) is 8.55. The molecule has 0 saturated heterocycles. The van der Waals surface area contributed by atoms with Gasteiger partial charge in [0.15, 0.2) is 0 Å². The Balaban J connectivity index is 0.629. The number of allylic oxidation sites excluding steroid dienone is 4. The first-order valence-corrected chi connectivity index (χ1v) is 35.7. The lowest BCUT2D eigenvalue weighted by molar-refractivity contribution is 0.720. The van der Waals surface area contributed by atoms with Crippen molar-refractivity contribution in [3.63, 3.8) is 0 Å². The van der Waals surface area contributed by atoms with Gasteiger partial charge in [-0.15, -0.1) is 22.7 Å². The zero-order chi connectivity index (χ0) is 64.1. The fourth-order valence-electron chi connectivity index (χ4n) is 17.0. The molecule has 0 spiro atoms. The van der Waals surface area contributed by atoms with Crippen LogP contribution in [0.1, 0.15) is 23.0 Å². The monoisotopic (exact) mass is 1270 g/mol. The molecule has 2 aliphatic carbocycles. The highest BCUT2D eigenvalue weighted by Crippen LogP contribution is 2.52. The molecule has 2 aromatic heterocycles. The molecule has 0 radical (unpaired) electrons. The van der Waals surface area contributed by atoms with Crippen LogP contribution in [0.4, 0.5) is 0 Å². The van der Waals surface area contributed by atoms with Crippen molar-refractivity contribution in [3.05, 3.63) is 351 Å². The van der Waals surface area contributed by atoms with Crippen LogP contribution < -0.4 is 0 Å². The predicted molar refractivity (Wildman–Crippen MR) is 425 cm³/mol. The summed E-state index contributed by atoms with van der Waals surface area (Å²) in [6.07, 6.45) is 9.17. The van der Waals surface area contributed by atoms with E-state index >= 15 is 0 Å². The second-order valence-electron chi connectivity index (χ2n) is 26.8. The third-order valence-electron chi connectivity index (χ3n) is 21.6. The molecule has 0 bridgehead atoms. The molecule has 2 unspecified atom stereocenters. The molecular formula is C96H58S2. The number of benzene rings is 17. The first-order valence-electron chi connectivity index (χ1n) is 34.1. The summed E-state index contributed by atoms with van der Waals surface area (Å²) < 4.78 is 5.29. The van der Waals surface area contributed by atoms with E-state index in [4.69, 9.17) is 0 Å². The molecule has 21 rings (SSSR count). The zero-order valence-corrected chi connectivity index (χ0v) is 54.9. The van der Waals surface area contributed by atoms with E-state index < -0.39 is 0 Å². The molecule has 2 heteroatoms. The van der Waals surface area contributed by atoms with E-state index in [1.54, 1.807) is 0 Å². The minimum Gasteiger partial charge on any atom is -0.134 e. The summed E-state index contributed by atoms with van der Waals surface area (Å²) in [6, 6.07) is 119. The fourth-order valence-corrected chi connectivity index (χ4v) is 19.8. The van der Waals surface area contributed by atoms with E-state index in [2.05, 4.69) is 340 Å². The van der Waals surface area contributed by atoms with Crippen LogP contribution in [0.3, 0.4) is 0 Å². The van der Waals surface area contributed by atoms with Gasteiger partial charge in [0.25, 0.3) is 0 Å². The summed E-state index contributed by atoms with van der Waals surface area (Å²) in [5.41, 5.74) is 22.9. The van der Waals surface area contributed by atoms with Crippen LogP contribution in [0.5, 0.6) is 0 Å². The number of thiophene rings is 2. The highest BCUT2D eigenvalue weighted by molar-refractivity contribution is 7.27. The smallest absolute Gasteiger partial charge is 0.0434 e. The Morgan fingerprint density at radius 1 is 0.163 bits per heavy atom. The topological polar surface area (TPSA) is 0 Å². The van der Waals surface area contributed by atoms with Gasteiger partial charge in [0.05, 0.1) is 0 Å². The Labute approximate surface area is 575 Å². The number of hydrogen-bond acceptors (Lipinski definition) is 2. The van der Waals surface area contributed by atoms with Gasteiger partial charge >= 0.3 is 0 Å². The van der Waals surface area contributed by atoms with Gasteiger partial charge in [-0.05, 0) is 207 Å². The van der Waals surface area contributed by atoms with E-state index in [1.807, 2.05) is 22.7 Å². The molecule has 17 aromatic carbocycles. The van der Waals surface area contributed by atoms with Gasteiger partial charge in [-0.25, -0.2) is 0 Å². The average Bonchev–Trinajstić information content (AvgIpc) is 1.00. The van der Waals surface area contributed by atoms with Crippen molar-refractivity contribution >= 4 is 128 Å². The van der Waals surface area contributed by atoms with Crippen LogP contribution >= 0.6 is 22.7 Å². The van der Waals surface area contributed by atoms with E-state index in [-0.39, 0.29) is 0 Å². The van der Waals surface area contributed by atoms with Gasteiger partial charge in [0.2, 0.25) is 0 Å². The van der Waals surface area contributed by atoms with Crippen LogP contribution in [0, 0.1) is 0 Å². The Bertz CT molecular complexity index is 6670. The van der Waals surface area contributed by atoms with Gasteiger partial charge in [0, 0.05) is 52.2 Å². The molecule has 0 amide bonds. The molecule has 0 nitrogen and oxygen atoms in total. The van der Waals surface area contributed by atoms with Gasteiger partial charge in [-0.2, -0.15) is 0 Å². The van der Waals surface area contributed by atoms with Crippen molar-refractivity contribution in [2.24, 2.45) is 0 Å². The van der Waals surface area contributed by atoms with Crippen molar-refractivity contribution in [3.8, 4) is 89.0 Å². The Kier molecular flexibility index (Phi) is 12.4. The summed E-state index contributed by atoms with van der Waals surface area (Å²) in [5, 5.41) is 20.4. The number of hydrogen-bond donors (Lipinski definition) is 0. The lowest BCUT2D eigenvalue weighted by Gasteiger charge is -2.34. The quantitative estimate of drug-likeness (QED) is 0.140. The van der Waals surface area contributed by atoms with Gasteiger partial charge < -0.3 is 0 Å². The molecule has 0 fully saturated rings. The third-order valence-corrected chi connectivity index (χ3v) is 24.2. The molecule has 98 heavy (non-hydrogen) atoms. The summed E-state index contributed by atoms with van der Waals surface area (Å²) in [4.78, 5) is 0. The molecule has 0 aliphatic heterocycles. The van der Waals surface area contributed by atoms with Crippen molar-refractivity contribution in [1.29, 1.82) is 0 Å². The lowest BCUT2D eigenvalue weighted by atomic mass is 9.69. The summed E-state index contributed by atoms with van der Waals surface area (Å²) >= 11 is 3.84. The van der Waals surface area contributed by atoms with E-state index in [9.17, 15) is 0 Å². The van der Waals surface area contributed by atoms with Crippen molar-refractivity contribution in [1.82, 2.24) is 0 Å². The number of rotatable bonds is 7. The summed E-state index contributed by atoms with van der Waals surface area (Å²) in [6.45, 7) is 0. The largest absolute Gasteiger partial charge is 0.134 e. The highest BCUT2D eigenvalue weighted by Gasteiger charge is 2.32. The van der Waals surface area contributed by atoms with Crippen molar-refractivity contribution < 1.29 is 0 Å². The predicted octanol–water partition coefficient (Wildman–Crippen LogP) is 28.0.